The third-order valence-electron chi connectivity index (χ3n) is 1.84. The van der Waals surface area contributed by atoms with E-state index in [0.717, 1.165) is 5.56 Å². The third kappa shape index (κ3) is 3.89. The first kappa shape index (κ1) is 11.2. The van der Waals surface area contributed by atoms with Crippen molar-refractivity contribution in [3.8, 4) is 0 Å². The van der Waals surface area contributed by atoms with Crippen molar-refractivity contribution in [2.45, 2.75) is 12.2 Å². The molecule has 0 bridgehead atoms. The van der Waals surface area contributed by atoms with Gasteiger partial charge in [-0.3, -0.25) is 0 Å². The normalized spacial score (nSPS) is 11.5. The third-order valence-corrected chi connectivity index (χ3v) is 3.53. The number of rotatable bonds is 5. The molecule has 0 fully saturated rings. The van der Waals surface area contributed by atoms with Crippen LogP contribution < -0.4 is 0 Å². The van der Waals surface area contributed by atoms with Crippen LogP contribution in [0.4, 0.5) is 0 Å². The lowest BCUT2D eigenvalue weighted by atomic mass is 10.2. The van der Waals surface area contributed by atoms with Crippen LogP contribution in [-0.2, 0) is 15.6 Å². The average Bonchev–Trinajstić information content (AvgIpc) is 2.16. The molecule has 0 aromatic heterocycles. The molecule has 0 aliphatic rings. The van der Waals surface area contributed by atoms with E-state index in [0.29, 0.717) is 6.42 Å². The SMILES string of the molecule is O=S(=O)(CCCO)Cc1ccccc1. The number of benzene rings is 1. The molecule has 0 saturated carbocycles. The van der Waals surface area contributed by atoms with Crippen molar-refractivity contribution in [3.63, 3.8) is 0 Å². The Hall–Kier alpha value is -0.870. The van der Waals surface area contributed by atoms with E-state index in [1.807, 2.05) is 18.2 Å². The summed E-state index contributed by atoms with van der Waals surface area (Å²) in [5.74, 6) is 0.117. The number of aliphatic hydroxyl groups excluding tert-OH is 1. The lowest BCUT2D eigenvalue weighted by Crippen LogP contribution is -2.10. The van der Waals surface area contributed by atoms with Crippen molar-refractivity contribution < 1.29 is 13.5 Å². The highest BCUT2D eigenvalue weighted by Gasteiger charge is 2.10. The molecule has 3 nitrogen and oxygen atoms in total. The number of hydrogen-bond acceptors (Lipinski definition) is 3. The summed E-state index contributed by atoms with van der Waals surface area (Å²) in [7, 11) is -3.06. The number of sulfone groups is 1. The Morgan fingerprint density at radius 3 is 2.36 bits per heavy atom. The summed E-state index contributed by atoms with van der Waals surface area (Å²) in [5.41, 5.74) is 0.797. The molecule has 0 amide bonds. The van der Waals surface area contributed by atoms with Gasteiger partial charge in [0.25, 0.3) is 0 Å². The topological polar surface area (TPSA) is 54.4 Å². The fourth-order valence-corrected chi connectivity index (χ4v) is 2.60. The molecule has 0 spiro atoms. The Labute approximate surface area is 84.3 Å². The van der Waals surface area contributed by atoms with Crippen molar-refractivity contribution in [3.05, 3.63) is 35.9 Å². The molecule has 0 atom stereocenters. The number of aliphatic hydroxyl groups is 1. The van der Waals surface area contributed by atoms with E-state index in [1.54, 1.807) is 12.1 Å². The summed E-state index contributed by atoms with van der Waals surface area (Å²) in [6, 6.07) is 9.06. The van der Waals surface area contributed by atoms with Crippen LogP contribution >= 0.6 is 0 Å². The van der Waals surface area contributed by atoms with E-state index in [9.17, 15) is 8.42 Å². The van der Waals surface area contributed by atoms with E-state index in [1.165, 1.54) is 0 Å². The van der Waals surface area contributed by atoms with E-state index in [4.69, 9.17) is 5.11 Å². The van der Waals surface area contributed by atoms with Gasteiger partial charge < -0.3 is 5.11 Å². The van der Waals surface area contributed by atoms with Gasteiger partial charge in [0, 0.05) is 6.61 Å². The van der Waals surface area contributed by atoms with Crippen molar-refractivity contribution in [2.24, 2.45) is 0 Å². The highest BCUT2D eigenvalue weighted by molar-refractivity contribution is 7.90. The summed E-state index contributed by atoms with van der Waals surface area (Å²) in [6.45, 7) is -0.0754. The molecule has 1 rings (SSSR count). The Bertz CT molecular complexity index is 356. The fraction of sp³-hybridized carbons (Fsp3) is 0.400. The lowest BCUT2D eigenvalue weighted by Gasteiger charge is -2.02. The van der Waals surface area contributed by atoms with Crippen LogP contribution in [0, 0.1) is 0 Å². The van der Waals surface area contributed by atoms with E-state index < -0.39 is 9.84 Å². The Balaban J connectivity index is 2.60. The van der Waals surface area contributed by atoms with Gasteiger partial charge in [0.05, 0.1) is 11.5 Å². The standard InChI is InChI=1S/C10H14O3S/c11-7-4-8-14(12,13)9-10-5-2-1-3-6-10/h1-3,5-6,11H,4,7-9H2. The van der Waals surface area contributed by atoms with Gasteiger partial charge in [0.15, 0.2) is 9.84 Å². The molecule has 0 aliphatic carbocycles. The molecular weight excluding hydrogens is 200 g/mol. The van der Waals surface area contributed by atoms with Crippen LogP contribution in [0.1, 0.15) is 12.0 Å². The predicted octanol–water partition coefficient (Wildman–Crippen LogP) is 0.984. The summed E-state index contributed by atoms with van der Waals surface area (Å²) >= 11 is 0. The van der Waals surface area contributed by atoms with Crippen LogP contribution in [0.25, 0.3) is 0 Å². The summed E-state index contributed by atoms with van der Waals surface area (Å²) < 4.78 is 22.9. The molecule has 0 heterocycles. The maximum Gasteiger partial charge on any atom is 0.154 e. The fourth-order valence-electron chi connectivity index (χ4n) is 1.18. The minimum Gasteiger partial charge on any atom is -0.396 e. The van der Waals surface area contributed by atoms with Crippen LogP contribution in [0.2, 0.25) is 0 Å². The first-order chi connectivity index (χ1) is 6.64. The largest absolute Gasteiger partial charge is 0.396 e. The maximum absolute atomic E-state index is 11.4. The van der Waals surface area contributed by atoms with Crippen LogP contribution in [0.15, 0.2) is 30.3 Å². The smallest absolute Gasteiger partial charge is 0.154 e. The first-order valence-electron chi connectivity index (χ1n) is 4.49. The Morgan fingerprint density at radius 2 is 1.79 bits per heavy atom. The van der Waals surface area contributed by atoms with Crippen LogP contribution in [0.3, 0.4) is 0 Å². The molecule has 4 heteroatoms. The molecule has 0 radical (unpaired) electrons. The molecule has 1 N–H and O–H groups in total. The molecule has 14 heavy (non-hydrogen) atoms. The molecule has 0 saturated heterocycles. The monoisotopic (exact) mass is 214 g/mol. The zero-order valence-electron chi connectivity index (χ0n) is 7.89. The zero-order chi connectivity index (χ0) is 10.4. The minimum atomic E-state index is -3.06. The molecule has 1 aromatic rings. The number of hydrogen-bond donors (Lipinski definition) is 1. The van der Waals surface area contributed by atoms with Crippen molar-refractivity contribution in [1.82, 2.24) is 0 Å². The van der Waals surface area contributed by atoms with Crippen molar-refractivity contribution in [1.29, 1.82) is 0 Å². The quantitative estimate of drug-likeness (QED) is 0.795. The van der Waals surface area contributed by atoms with Gasteiger partial charge in [-0.25, -0.2) is 8.42 Å². The van der Waals surface area contributed by atoms with Gasteiger partial charge in [-0.05, 0) is 12.0 Å². The van der Waals surface area contributed by atoms with Gasteiger partial charge in [0.1, 0.15) is 0 Å². The van der Waals surface area contributed by atoms with E-state index in [2.05, 4.69) is 0 Å². The summed E-state index contributed by atoms with van der Waals surface area (Å²) in [5, 5.41) is 8.53. The van der Waals surface area contributed by atoms with Gasteiger partial charge in [-0.2, -0.15) is 0 Å². The second kappa shape index (κ2) is 5.12. The molecule has 0 unspecified atom stereocenters. The molecular formula is C10H14O3S. The van der Waals surface area contributed by atoms with Gasteiger partial charge >= 0.3 is 0 Å². The summed E-state index contributed by atoms with van der Waals surface area (Å²) in [4.78, 5) is 0. The zero-order valence-corrected chi connectivity index (χ0v) is 8.70. The minimum absolute atomic E-state index is 0.0540. The van der Waals surface area contributed by atoms with Gasteiger partial charge in [-0.1, -0.05) is 30.3 Å². The molecule has 1 aromatic carbocycles. The van der Waals surface area contributed by atoms with Crippen molar-refractivity contribution in [2.75, 3.05) is 12.4 Å². The maximum atomic E-state index is 11.4. The van der Waals surface area contributed by atoms with E-state index >= 15 is 0 Å². The van der Waals surface area contributed by atoms with E-state index in [-0.39, 0.29) is 18.1 Å². The lowest BCUT2D eigenvalue weighted by molar-refractivity contribution is 0.295. The van der Waals surface area contributed by atoms with Gasteiger partial charge in [-0.15, -0.1) is 0 Å². The van der Waals surface area contributed by atoms with Crippen molar-refractivity contribution >= 4 is 9.84 Å². The second-order valence-electron chi connectivity index (χ2n) is 3.15. The summed E-state index contributed by atoms with van der Waals surface area (Å²) in [6.07, 6.45) is 0.315. The average molecular weight is 214 g/mol. The highest BCUT2D eigenvalue weighted by atomic mass is 32.2. The predicted molar refractivity (Wildman–Crippen MR) is 55.6 cm³/mol. The van der Waals surface area contributed by atoms with Gasteiger partial charge in [0.2, 0.25) is 0 Å². The first-order valence-corrected chi connectivity index (χ1v) is 6.31. The second-order valence-corrected chi connectivity index (χ2v) is 5.34. The highest BCUT2D eigenvalue weighted by Crippen LogP contribution is 2.06. The molecule has 0 aliphatic heterocycles. The van der Waals surface area contributed by atoms with Crippen LogP contribution in [0.5, 0.6) is 0 Å². The Kier molecular flexibility index (Phi) is 4.10. The van der Waals surface area contributed by atoms with Crippen LogP contribution in [-0.4, -0.2) is 25.9 Å². The Morgan fingerprint density at radius 1 is 1.14 bits per heavy atom. The molecule has 78 valence electrons.